The first-order chi connectivity index (χ1) is 7.95. The lowest BCUT2D eigenvalue weighted by Gasteiger charge is -2.26. The van der Waals surface area contributed by atoms with Gasteiger partial charge in [0, 0.05) is 24.6 Å². The molecule has 0 aromatic carbocycles. The predicted octanol–water partition coefficient (Wildman–Crippen LogP) is 2.79. The highest BCUT2D eigenvalue weighted by Gasteiger charge is 2.08. The summed E-state index contributed by atoms with van der Waals surface area (Å²) in [4.78, 5) is 6.58. The zero-order valence-electron chi connectivity index (χ0n) is 10.3. The average Bonchev–Trinajstić information content (AvgIpc) is 2.37. The maximum absolute atomic E-state index is 4.00. The van der Waals surface area contributed by atoms with E-state index in [0.717, 1.165) is 6.54 Å². The van der Waals surface area contributed by atoms with Crippen molar-refractivity contribution in [2.24, 2.45) is 0 Å². The molecule has 0 saturated carbocycles. The van der Waals surface area contributed by atoms with Crippen molar-refractivity contribution < 1.29 is 0 Å². The van der Waals surface area contributed by atoms with Gasteiger partial charge in [-0.2, -0.15) is 0 Å². The standard InChI is InChI=1S/C13H21N3.ClH/c1-2-10-16(11-3-1)12-4-7-15-13-5-8-14-9-6-13;/h5-6,8-9H,1-4,7,10-12H2,(H,14,15);1H. The normalized spacial score (nSPS) is 16.2. The first kappa shape index (κ1) is 14.3. The minimum atomic E-state index is 0. The van der Waals surface area contributed by atoms with Crippen molar-refractivity contribution in [3.8, 4) is 0 Å². The smallest absolute Gasteiger partial charge is 0.0371 e. The monoisotopic (exact) mass is 255 g/mol. The Morgan fingerprint density at radius 2 is 1.82 bits per heavy atom. The quantitative estimate of drug-likeness (QED) is 0.821. The Morgan fingerprint density at radius 3 is 2.53 bits per heavy atom. The molecule has 0 unspecified atom stereocenters. The van der Waals surface area contributed by atoms with E-state index in [9.17, 15) is 0 Å². The molecule has 1 saturated heterocycles. The molecule has 0 amide bonds. The van der Waals surface area contributed by atoms with E-state index in [2.05, 4.69) is 15.2 Å². The van der Waals surface area contributed by atoms with E-state index in [4.69, 9.17) is 0 Å². The van der Waals surface area contributed by atoms with E-state index in [1.807, 2.05) is 24.5 Å². The lowest BCUT2D eigenvalue weighted by molar-refractivity contribution is 0.228. The highest BCUT2D eigenvalue weighted by atomic mass is 35.5. The van der Waals surface area contributed by atoms with E-state index in [1.165, 1.54) is 51.0 Å². The zero-order valence-corrected chi connectivity index (χ0v) is 11.1. The van der Waals surface area contributed by atoms with E-state index in [0.29, 0.717) is 0 Å². The molecular formula is C13H22ClN3. The molecule has 0 spiro atoms. The Balaban J connectivity index is 0.00000144. The number of hydrogen-bond acceptors (Lipinski definition) is 3. The van der Waals surface area contributed by atoms with Crippen LogP contribution in [-0.2, 0) is 0 Å². The number of likely N-dealkylation sites (tertiary alicyclic amines) is 1. The summed E-state index contributed by atoms with van der Waals surface area (Å²) in [5.74, 6) is 0. The number of nitrogens with one attached hydrogen (secondary N) is 1. The van der Waals surface area contributed by atoms with Crippen LogP contribution in [0.4, 0.5) is 5.69 Å². The van der Waals surface area contributed by atoms with E-state index >= 15 is 0 Å². The first-order valence-corrected chi connectivity index (χ1v) is 6.31. The predicted molar refractivity (Wildman–Crippen MR) is 74.9 cm³/mol. The van der Waals surface area contributed by atoms with Crippen molar-refractivity contribution in [1.82, 2.24) is 9.88 Å². The fourth-order valence-corrected chi connectivity index (χ4v) is 2.19. The molecule has 0 bridgehead atoms. The van der Waals surface area contributed by atoms with Gasteiger partial charge in [-0.3, -0.25) is 4.98 Å². The van der Waals surface area contributed by atoms with Gasteiger partial charge in [-0.15, -0.1) is 12.4 Å². The van der Waals surface area contributed by atoms with E-state index in [-0.39, 0.29) is 12.4 Å². The van der Waals surface area contributed by atoms with Crippen LogP contribution in [0.2, 0.25) is 0 Å². The first-order valence-electron chi connectivity index (χ1n) is 6.31. The van der Waals surface area contributed by atoms with E-state index < -0.39 is 0 Å². The van der Waals surface area contributed by atoms with Crippen LogP contribution in [0.25, 0.3) is 0 Å². The Kier molecular flexibility index (Phi) is 6.97. The van der Waals surface area contributed by atoms with Crippen LogP contribution in [0.15, 0.2) is 24.5 Å². The fourth-order valence-electron chi connectivity index (χ4n) is 2.19. The number of pyridine rings is 1. The highest BCUT2D eigenvalue weighted by Crippen LogP contribution is 2.09. The minimum Gasteiger partial charge on any atom is -0.385 e. The molecule has 3 nitrogen and oxygen atoms in total. The van der Waals surface area contributed by atoms with Gasteiger partial charge < -0.3 is 10.2 Å². The molecule has 17 heavy (non-hydrogen) atoms. The average molecular weight is 256 g/mol. The number of rotatable bonds is 5. The van der Waals surface area contributed by atoms with E-state index in [1.54, 1.807) is 0 Å². The molecule has 1 fully saturated rings. The summed E-state index contributed by atoms with van der Waals surface area (Å²) in [6.45, 7) is 4.89. The second kappa shape index (κ2) is 8.31. The molecule has 0 radical (unpaired) electrons. The van der Waals surface area contributed by atoms with Gasteiger partial charge in [-0.25, -0.2) is 0 Å². The Labute approximate surface area is 110 Å². The number of nitrogens with zero attached hydrogens (tertiary/aromatic N) is 2. The fraction of sp³-hybridized carbons (Fsp3) is 0.615. The van der Waals surface area contributed by atoms with Crippen LogP contribution in [0.5, 0.6) is 0 Å². The summed E-state index contributed by atoms with van der Waals surface area (Å²) >= 11 is 0. The molecule has 1 aromatic rings. The number of piperidine rings is 1. The molecule has 1 N–H and O–H groups in total. The molecule has 1 aliphatic rings. The summed E-state index contributed by atoms with van der Waals surface area (Å²) in [5.41, 5.74) is 1.17. The third kappa shape index (κ3) is 5.37. The molecule has 0 atom stereocenters. The van der Waals surface area contributed by atoms with Gasteiger partial charge in [-0.1, -0.05) is 6.42 Å². The van der Waals surface area contributed by atoms with Crippen LogP contribution >= 0.6 is 12.4 Å². The molecule has 2 heterocycles. The molecule has 0 aliphatic carbocycles. The number of anilines is 1. The summed E-state index contributed by atoms with van der Waals surface area (Å²) in [5, 5.41) is 3.42. The van der Waals surface area contributed by atoms with Crippen LogP contribution in [0.1, 0.15) is 25.7 Å². The second-order valence-electron chi connectivity index (χ2n) is 4.42. The Bertz CT molecular complexity index is 286. The lowest BCUT2D eigenvalue weighted by Crippen LogP contribution is -2.31. The topological polar surface area (TPSA) is 28.2 Å². The van der Waals surface area contributed by atoms with Crippen LogP contribution in [-0.4, -0.2) is 36.1 Å². The minimum absolute atomic E-state index is 0. The van der Waals surface area contributed by atoms with Crippen molar-refractivity contribution in [2.45, 2.75) is 25.7 Å². The molecule has 4 heteroatoms. The van der Waals surface area contributed by atoms with Crippen molar-refractivity contribution in [3.05, 3.63) is 24.5 Å². The van der Waals surface area contributed by atoms with Crippen LogP contribution in [0.3, 0.4) is 0 Å². The van der Waals surface area contributed by atoms with Gasteiger partial charge >= 0.3 is 0 Å². The van der Waals surface area contributed by atoms with Crippen molar-refractivity contribution in [3.63, 3.8) is 0 Å². The SMILES string of the molecule is Cl.c1cc(NCCCN2CCCCC2)ccn1. The largest absolute Gasteiger partial charge is 0.385 e. The molecular weight excluding hydrogens is 234 g/mol. The number of halogens is 1. The molecule has 1 aliphatic heterocycles. The zero-order chi connectivity index (χ0) is 11.1. The van der Waals surface area contributed by atoms with Crippen molar-refractivity contribution >= 4 is 18.1 Å². The van der Waals surface area contributed by atoms with Crippen molar-refractivity contribution in [1.29, 1.82) is 0 Å². The molecule has 2 rings (SSSR count). The van der Waals surface area contributed by atoms with Gasteiger partial charge in [0.1, 0.15) is 0 Å². The maximum Gasteiger partial charge on any atom is 0.0371 e. The highest BCUT2D eigenvalue weighted by molar-refractivity contribution is 5.85. The van der Waals surface area contributed by atoms with Gasteiger partial charge in [0.15, 0.2) is 0 Å². The second-order valence-corrected chi connectivity index (χ2v) is 4.42. The van der Waals surface area contributed by atoms with Gasteiger partial charge in [0.25, 0.3) is 0 Å². The third-order valence-corrected chi connectivity index (χ3v) is 3.11. The Morgan fingerprint density at radius 1 is 1.12 bits per heavy atom. The van der Waals surface area contributed by atoms with Crippen LogP contribution < -0.4 is 5.32 Å². The maximum atomic E-state index is 4.00. The van der Waals surface area contributed by atoms with Gasteiger partial charge in [-0.05, 0) is 51.0 Å². The van der Waals surface area contributed by atoms with Gasteiger partial charge in [0.2, 0.25) is 0 Å². The molecule has 96 valence electrons. The van der Waals surface area contributed by atoms with Gasteiger partial charge in [0.05, 0.1) is 0 Å². The third-order valence-electron chi connectivity index (χ3n) is 3.11. The number of hydrogen-bond donors (Lipinski definition) is 1. The van der Waals surface area contributed by atoms with Crippen LogP contribution in [0, 0.1) is 0 Å². The Hall–Kier alpha value is -0.800. The molecule has 1 aromatic heterocycles. The van der Waals surface area contributed by atoms with Crippen molar-refractivity contribution in [2.75, 3.05) is 31.5 Å². The lowest BCUT2D eigenvalue weighted by atomic mass is 10.1. The summed E-state index contributed by atoms with van der Waals surface area (Å²) < 4.78 is 0. The summed E-state index contributed by atoms with van der Waals surface area (Å²) in [7, 11) is 0. The number of aromatic nitrogens is 1. The summed E-state index contributed by atoms with van der Waals surface area (Å²) in [6.07, 6.45) is 9.07. The summed E-state index contributed by atoms with van der Waals surface area (Å²) in [6, 6.07) is 4.03.